The van der Waals surface area contributed by atoms with Gasteiger partial charge in [-0.05, 0) is 38.8 Å². The van der Waals surface area contributed by atoms with Crippen LogP contribution in [0.1, 0.15) is 23.1 Å². The third-order valence-corrected chi connectivity index (χ3v) is 2.25. The zero-order valence-corrected chi connectivity index (χ0v) is 8.96. The molecule has 0 aliphatic carbocycles. The average molecular weight is 193 g/mol. The Morgan fingerprint density at radius 3 is 2.29 bits per heavy atom. The van der Waals surface area contributed by atoms with Gasteiger partial charge in [0.25, 0.3) is 0 Å². The number of aliphatic hydroxyl groups is 1. The molecule has 2 nitrogen and oxygen atoms in total. The van der Waals surface area contributed by atoms with Gasteiger partial charge < -0.3 is 10.8 Å². The minimum absolute atomic E-state index is 0.304. The molecule has 0 heterocycles. The van der Waals surface area contributed by atoms with Gasteiger partial charge in [-0.1, -0.05) is 29.3 Å². The van der Waals surface area contributed by atoms with Gasteiger partial charge >= 0.3 is 0 Å². The van der Waals surface area contributed by atoms with E-state index in [0.717, 1.165) is 0 Å². The van der Waals surface area contributed by atoms with Crippen LogP contribution in [0.4, 0.5) is 0 Å². The Bertz CT molecular complexity index is 276. The molecule has 1 aromatic rings. The first-order chi connectivity index (χ1) is 6.61. The van der Waals surface area contributed by atoms with Crippen LogP contribution in [0, 0.1) is 13.8 Å². The maximum atomic E-state index is 9.60. The third kappa shape index (κ3) is 3.48. The van der Waals surface area contributed by atoms with Gasteiger partial charge in [0.1, 0.15) is 0 Å². The van der Waals surface area contributed by atoms with Crippen LogP contribution < -0.4 is 5.73 Å². The van der Waals surface area contributed by atoms with E-state index in [0.29, 0.717) is 19.4 Å². The van der Waals surface area contributed by atoms with E-state index >= 15 is 0 Å². The monoisotopic (exact) mass is 193 g/mol. The van der Waals surface area contributed by atoms with Gasteiger partial charge in [0.15, 0.2) is 0 Å². The second-order valence-electron chi connectivity index (χ2n) is 3.93. The number of benzene rings is 1. The fraction of sp³-hybridized carbons (Fsp3) is 0.500. The lowest BCUT2D eigenvalue weighted by atomic mass is 10.0. The molecule has 0 amide bonds. The Hall–Kier alpha value is -0.860. The molecule has 1 unspecified atom stereocenters. The van der Waals surface area contributed by atoms with E-state index in [4.69, 9.17) is 5.73 Å². The Labute approximate surface area is 85.8 Å². The zero-order chi connectivity index (χ0) is 10.6. The van der Waals surface area contributed by atoms with E-state index in [1.165, 1.54) is 16.7 Å². The molecule has 14 heavy (non-hydrogen) atoms. The van der Waals surface area contributed by atoms with Crippen molar-refractivity contribution in [3.8, 4) is 0 Å². The molecule has 2 heteroatoms. The van der Waals surface area contributed by atoms with Gasteiger partial charge in [-0.3, -0.25) is 0 Å². The molecule has 3 N–H and O–H groups in total. The highest BCUT2D eigenvalue weighted by atomic mass is 16.3. The van der Waals surface area contributed by atoms with Crippen LogP contribution in [0.25, 0.3) is 0 Å². The number of rotatable bonds is 4. The van der Waals surface area contributed by atoms with Crippen LogP contribution in [0.3, 0.4) is 0 Å². The van der Waals surface area contributed by atoms with Crippen LogP contribution in [0.2, 0.25) is 0 Å². The van der Waals surface area contributed by atoms with Gasteiger partial charge in [0.2, 0.25) is 0 Å². The number of aryl methyl sites for hydroxylation is 2. The first kappa shape index (κ1) is 11.2. The molecule has 0 radical (unpaired) electrons. The number of aliphatic hydroxyl groups excluding tert-OH is 1. The smallest absolute Gasteiger partial charge is 0.0592 e. The molecule has 0 aliphatic rings. The van der Waals surface area contributed by atoms with Crippen LogP contribution >= 0.6 is 0 Å². The van der Waals surface area contributed by atoms with Crippen molar-refractivity contribution < 1.29 is 5.11 Å². The van der Waals surface area contributed by atoms with Crippen LogP contribution in [-0.4, -0.2) is 17.8 Å². The van der Waals surface area contributed by atoms with Crippen molar-refractivity contribution >= 4 is 0 Å². The second-order valence-corrected chi connectivity index (χ2v) is 3.93. The van der Waals surface area contributed by atoms with Crippen molar-refractivity contribution in [3.63, 3.8) is 0 Å². The van der Waals surface area contributed by atoms with Crippen LogP contribution in [-0.2, 0) is 6.42 Å². The molecule has 1 rings (SSSR count). The minimum Gasteiger partial charge on any atom is -0.393 e. The maximum Gasteiger partial charge on any atom is 0.0592 e. The molecule has 0 bridgehead atoms. The molecule has 0 saturated carbocycles. The van der Waals surface area contributed by atoms with Gasteiger partial charge in [-0.15, -0.1) is 0 Å². The lowest BCUT2D eigenvalue weighted by Gasteiger charge is -2.10. The molecule has 0 fully saturated rings. The summed E-state index contributed by atoms with van der Waals surface area (Å²) in [6, 6.07) is 6.37. The van der Waals surface area contributed by atoms with E-state index < -0.39 is 0 Å². The molecule has 1 aromatic carbocycles. The van der Waals surface area contributed by atoms with E-state index in [1.807, 2.05) is 0 Å². The Morgan fingerprint density at radius 1 is 1.21 bits per heavy atom. The summed E-state index contributed by atoms with van der Waals surface area (Å²) in [7, 11) is 0. The van der Waals surface area contributed by atoms with Gasteiger partial charge in [0.05, 0.1) is 6.10 Å². The van der Waals surface area contributed by atoms with Crippen molar-refractivity contribution in [2.24, 2.45) is 5.73 Å². The summed E-state index contributed by atoms with van der Waals surface area (Å²) >= 11 is 0. The third-order valence-electron chi connectivity index (χ3n) is 2.25. The first-order valence-corrected chi connectivity index (χ1v) is 5.07. The fourth-order valence-corrected chi connectivity index (χ4v) is 1.75. The molecule has 78 valence electrons. The van der Waals surface area contributed by atoms with Crippen molar-refractivity contribution in [1.29, 1.82) is 0 Å². The normalized spacial score (nSPS) is 12.9. The molecule has 0 aromatic heterocycles. The summed E-state index contributed by atoms with van der Waals surface area (Å²) < 4.78 is 0. The maximum absolute atomic E-state index is 9.60. The summed E-state index contributed by atoms with van der Waals surface area (Å²) in [5, 5.41) is 9.60. The highest BCUT2D eigenvalue weighted by Gasteiger charge is 2.04. The number of nitrogens with two attached hydrogens (primary N) is 1. The number of hydrogen-bond donors (Lipinski definition) is 2. The van der Waals surface area contributed by atoms with E-state index in [1.54, 1.807) is 0 Å². The number of hydrogen-bond acceptors (Lipinski definition) is 2. The van der Waals surface area contributed by atoms with E-state index in [-0.39, 0.29) is 6.10 Å². The van der Waals surface area contributed by atoms with Gasteiger partial charge in [-0.2, -0.15) is 0 Å². The molecule has 0 saturated heterocycles. The van der Waals surface area contributed by atoms with E-state index in [2.05, 4.69) is 32.0 Å². The Morgan fingerprint density at radius 2 is 1.79 bits per heavy atom. The molecule has 0 spiro atoms. The molecule has 0 aliphatic heterocycles. The predicted octanol–water partition coefficient (Wildman–Crippen LogP) is 1.56. The first-order valence-electron chi connectivity index (χ1n) is 5.07. The lowest BCUT2D eigenvalue weighted by Crippen LogP contribution is -2.16. The van der Waals surface area contributed by atoms with Crippen LogP contribution in [0.5, 0.6) is 0 Å². The quantitative estimate of drug-likeness (QED) is 0.762. The highest BCUT2D eigenvalue weighted by molar-refractivity contribution is 5.28. The van der Waals surface area contributed by atoms with Crippen molar-refractivity contribution in [2.45, 2.75) is 32.8 Å². The second kappa shape index (κ2) is 5.13. The van der Waals surface area contributed by atoms with Crippen molar-refractivity contribution in [1.82, 2.24) is 0 Å². The summed E-state index contributed by atoms with van der Waals surface area (Å²) in [6.07, 6.45) is 1.08. The summed E-state index contributed by atoms with van der Waals surface area (Å²) in [4.78, 5) is 0. The SMILES string of the molecule is Cc1cc(C)cc(CC(O)CCN)c1. The highest BCUT2D eigenvalue weighted by Crippen LogP contribution is 2.11. The van der Waals surface area contributed by atoms with Gasteiger partial charge in [-0.25, -0.2) is 0 Å². The Kier molecular flexibility index (Phi) is 4.11. The summed E-state index contributed by atoms with van der Waals surface area (Å²) in [5.41, 5.74) is 9.08. The Balaban J connectivity index is 2.66. The fourth-order valence-electron chi connectivity index (χ4n) is 1.75. The van der Waals surface area contributed by atoms with Crippen molar-refractivity contribution in [3.05, 3.63) is 34.9 Å². The lowest BCUT2D eigenvalue weighted by molar-refractivity contribution is 0.167. The molecular formula is C12H19NO. The van der Waals surface area contributed by atoms with Gasteiger partial charge in [0, 0.05) is 0 Å². The summed E-state index contributed by atoms with van der Waals surface area (Å²) in [5.74, 6) is 0. The molecular weight excluding hydrogens is 174 g/mol. The standard InChI is InChI=1S/C12H19NO/c1-9-5-10(2)7-11(6-9)8-12(14)3-4-13/h5-7,12,14H,3-4,8,13H2,1-2H3. The zero-order valence-electron chi connectivity index (χ0n) is 8.96. The topological polar surface area (TPSA) is 46.2 Å². The predicted molar refractivity (Wildman–Crippen MR) is 59.3 cm³/mol. The average Bonchev–Trinajstić information content (AvgIpc) is 2.01. The summed E-state index contributed by atoms with van der Waals surface area (Å²) in [6.45, 7) is 4.70. The largest absolute Gasteiger partial charge is 0.393 e. The van der Waals surface area contributed by atoms with E-state index in [9.17, 15) is 5.11 Å². The van der Waals surface area contributed by atoms with Crippen molar-refractivity contribution in [2.75, 3.05) is 6.54 Å². The van der Waals surface area contributed by atoms with Crippen LogP contribution in [0.15, 0.2) is 18.2 Å². The molecule has 1 atom stereocenters. The minimum atomic E-state index is -0.304.